The molecule has 1 N–H and O–H groups in total. The van der Waals surface area contributed by atoms with Crippen molar-refractivity contribution in [1.29, 1.82) is 0 Å². The number of nitrogens with zero attached hydrogens (tertiary/aromatic N) is 3. The number of carboxylic acid groups (broad SMARTS) is 1. The fraction of sp³-hybridized carbons (Fsp3) is 0.750. The van der Waals surface area contributed by atoms with Crippen LogP contribution in [0.2, 0.25) is 0 Å². The lowest BCUT2D eigenvalue weighted by Crippen LogP contribution is -2.14. The molecule has 0 spiro atoms. The number of rotatable bonds is 6. The average molecular weight is 285 g/mol. The summed E-state index contributed by atoms with van der Waals surface area (Å²) >= 11 is 1.23. The summed E-state index contributed by atoms with van der Waals surface area (Å²) in [5, 5.41) is 17.9. The molecule has 19 heavy (non-hydrogen) atoms. The summed E-state index contributed by atoms with van der Waals surface area (Å²) in [6, 6.07) is 0. The SMILES string of the molecule is CC(C)Cn1c(SCC(=O)O)nnc1C1CCOC1. The fourth-order valence-corrected chi connectivity index (χ4v) is 2.79. The molecule has 0 aliphatic carbocycles. The molecule has 1 fully saturated rings. The predicted octanol–water partition coefficient (Wildman–Crippen LogP) is 1.61. The van der Waals surface area contributed by atoms with Crippen molar-refractivity contribution in [2.75, 3.05) is 19.0 Å². The van der Waals surface area contributed by atoms with E-state index in [0.29, 0.717) is 17.7 Å². The van der Waals surface area contributed by atoms with E-state index in [1.165, 1.54) is 11.8 Å². The second-order valence-corrected chi connectivity index (χ2v) is 6.03. The zero-order chi connectivity index (χ0) is 13.8. The standard InChI is InChI=1S/C12H19N3O3S/c1-8(2)5-15-11(9-3-4-18-6-9)13-14-12(15)19-7-10(16)17/h8-9H,3-7H2,1-2H3,(H,16,17). The van der Waals surface area contributed by atoms with Crippen LogP contribution in [0.15, 0.2) is 5.16 Å². The van der Waals surface area contributed by atoms with Gasteiger partial charge in [-0.3, -0.25) is 4.79 Å². The van der Waals surface area contributed by atoms with E-state index in [9.17, 15) is 4.79 Å². The predicted molar refractivity (Wildman–Crippen MR) is 71.4 cm³/mol. The number of hydrogen-bond donors (Lipinski definition) is 1. The first kappa shape index (κ1) is 14.3. The first-order valence-corrected chi connectivity index (χ1v) is 7.42. The van der Waals surface area contributed by atoms with Gasteiger partial charge in [-0.05, 0) is 12.3 Å². The molecule has 1 unspecified atom stereocenters. The maximum Gasteiger partial charge on any atom is 0.313 e. The lowest BCUT2D eigenvalue weighted by Gasteiger charge is -2.14. The van der Waals surface area contributed by atoms with Crippen molar-refractivity contribution in [1.82, 2.24) is 14.8 Å². The summed E-state index contributed by atoms with van der Waals surface area (Å²) in [7, 11) is 0. The maximum absolute atomic E-state index is 10.7. The lowest BCUT2D eigenvalue weighted by molar-refractivity contribution is -0.133. The number of thioether (sulfide) groups is 1. The van der Waals surface area contributed by atoms with Gasteiger partial charge in [-0.1, -0.05) is 25.6 Å². The zero-order valence-electron chi connectivity index (χ0n) is 11.2. The van der Waals surface area contributed by atoms with Crippen molar-refractivity contribution in [2.45, 2.75) is 37.9 Å². The summed E-state index contributed by atoms with van der Waals surface area (Å²) in [5.41, 5.74) is 0. The summed E-state index contributed by atoms with van der Waals surface area (Å²) in [5.74, 6) is 0.845. The van der Waals surface area contributed by atoms with Crippen molar-refractivity contribution >= 4 is 17.7 Å². The highest BCUT2D eigenvalue weighted by Gasteiger charge is 2.25. The van der Waals surface area contributed by atoms with Crippen LogP contribution in [0.4, 0.5) is 0 Å². The quantitative estimate of drug-likeness (QED) is 0.800. The molecule has 6 nitrogen and oxygen atoms in total. The van der Waals surface area contributed by atoms with E-state index in [4.69, 9.17) is 9.84 Å². The Bertz CT molecular complexity index is 441. The first-order valence-electron chi connectivity index (χ1n) is 6.43. The Kier molecular flexibility index (Phi) is 4.81. The van der Waals surface area contributed by atoms with Crippen molar-refractivity contribution < 1.29 is 14.6 Å². The van der Waals surface area contributed by atoms with Crippen molar-refractivity contribution in [3.63, 3.8) is 0 Å². The second-order valence-electron chi connectivity index (χ2n) is 5.09. The van der Waals surface area contributed by atoms with Crippen LogP contribution >= 0.6 is 11.8 Å². The molecule has 0 radical (unpaired) electrons. The molecule has 7 heteroatoms. The Balaban J connectivity index is 2.19. The largest absolute Gasteiger partial charge is 0.481 e. The third-order valence-corrected chi connectivity index (χ3v) is 3.86. The van der Waals surface area contributed by atoms with E-state index < -0.39 is 5.97 Å². The highest BCUT2D eigenvalue weighted by Crippen LogP contribution is 2.27. The van der Waals surface area contributed by atoms with Crippen LogP contribution in [-0.2, 0) is 16.1 Å². The Hall–Kier alpha value is -1.08. The fourth-order valence-electron chi connectivity index (χ4n) is 2.11. The Morgan fingerprint density at radius 2 is 2.37 bits per heavy atom. The minimum Gasteiger partial charge on any atom is -0.481 e. The van der Waals surface area contributed by atoms with Gasteiger partial charge in [-0.15, -0.1) is 10.2 Å². The van der Waals surface area contributed by atoms with Gasteiger partial charge in [-0.25, -0.2) is 0 Å². The van der Waals surface area contributed by atoms with Crippen molar-refractivity contribution in [3.05, 3.63) is 5.82 Å². The number of aromatic nitrogens is 3. The zero-order valence-corrected chi connectivity index (χ0v) is 12.0. The van der Waals surface area contributed by atoms with E-state index in [-0.39, 0.29) is 11.7 Å². The Morgan fingerprint density at radius 1 is 1.58 bits per heavy atom. The van der Waals surface area contributed by atoms with Gasteiger partial charge in [0.2, 0.25) is 0 Å². The maximum atomic E-state index is 10.7. The molecule has 1 saturated heterocycles. The van der Waals surface area contributed by atoms with Gasteiger partial charge in [0, 0.05) is 19.1 Å². The van der Waals surface area contributed by atoms with E-state index in [2.05, 4.69) is 28.6 Å². The monoisotopic (exact) mass is 285 g/mol. The van der Waals surface area contributed by atoms with Crippen LogP contribution in [0.3, 0.4) is 0 Å². The molecule has 0 bridgehead atoms. The molecule has 1 aliphatic rings. The second kappa shape index (κ2) is 6.38. The lowest BCUT2D eigenvalue weighted by atomic mass is 10.1. The number of carboxylic acids is 1. The van der Waals surface area contributed by atoms with Gasteiger partial charge in [0.15, 0.2) is 5.16 Å². The number of carbonyl (C=O) groups is 1. The normalized spacial score (nSPS) is 19.2. The van der Waals surface area contributed by atoms with Crippen LogP contribution in [-0.4, -0.2) is 44.8 Å². The number of hydrogen-bond acceptors (Lipinski definition) is 5. The molecular formula is C12H19N3O3S. The van der Waals surface area contributed by atoms with E-state index >= 15 is 0 Å². The van der Waals surface area contributed by atoms with Gasteiger partial charge in [-0.2, -0.15) is 0 Å². The molecule has 1 aliphatic heterocycles. The molecular weight excluding hydrogens is 266 g/mol. The van der Waals surface area contributed by atoms with Crippen LogP contribution in [0.25, 0.3) is 0 Å². The van der Waals surface area contributed by atoms with Crippen LogP contribution < -0.4 is 0 Å². The molecule has 106 valence electrons. The molecule has 2 heterocycles. The molecule has 0 saturated carbocycles. The van der Waals surface area contributed by atoms with Gasteiger partial charge in [0.1, 0.15) is 5.82 Å². The third kappa shape index (κ3) is 3.70. The third-order valence-electron chi connectivity index (χ3n) is 2.91. The highest BCUT2D eigenvalue weighted by atomic mass is 32.2. The molecule has 1 atom stereocenters. The summed E-state index contributed by atoms with van der Waals surface area (Å²) < 4.78 is 7.45. The molecule has 1 aromatic rings. The van der Waals surface area contributed by atoms with Crippen molar-refractivity contribution in [3.8, 4) is 0 Å². The molecule has 0 amide bonds. The smallest absolute Gasteiger partial charge is 0.313 e. The minimum absolute atomic E-state index is 0.0113. The average Bonchev–Trinajstić information content (AvgIpc) is 2.94. The number of aliphatic carboxylic acids is 1. The summed E-state index contributed by atoms with van der Waals surface area (Å²) in [6.07, 6.45) is 0.958. The van der Waals surface area contributed by atoms with Gasteiger partial charge >= 0.3 is 5.97 Å². The van der Waals surface area contributed by atoms with Crippen LogP contribution in [0.1, 0.15) is 32.0 Å². The van der Waals surface area contributed by atoms with Crippen LogP contribution in [0, 0.1) is 5.92 Å². The highest BCUT2D eigenvalue weighted by molar-refractivity contribution is 7.99. The van der Waals surface area contributed by atoms with E-state index in [0.717, 1.165) is 25.4 Å². The molecule has 1 aromatic heterocycles. The Morgan fingerprint density at radius 3 is 2.95 bits per heavy atom. The first-order chi connectivity index (χ1) is 9.08. The van der Waals surface area contributed by atoms with E-state index in [1.54, 1.807) is 0 Å². The summed E-state index contributed by atoms with van der Waals surface area (Å²) in [4.78, 5) is 10.7. The van der Waals surface area contributed by atoms with Crippen molar-refractivity contribution in [2.24, 2.45) is 5.92 Å². The van der Waals surface area contributed by atoms with Gasteiger partial charge in [0.05, 0.1) is 12.4 Å². The van der Waals surface area contributed by atoms with E-state index in [1.807, 2.05) is 0 Å². The molecule has 0 aromatic carbocycles. The number of ether oxygens (including phenoxy) is 1. The Labute approximate surface area is 116 Å². The van der Waals surface area contributed by atoms with Crippen LogP contribution in [0.5, 0.6) is 0 Å². The van der Waals surface area contributed by atoms with Gasteiger partial charge < -0.3 is 14.4 Å². The minimum atomic E-state index is -0.838. The molecule has 2 rings (SSSR count). The van der Waals surface area contributed by atoms with Gasteiger partial charge in [0.25, 0.3) is 0 Å². The topological polar surface area (TPSA) is 77.2 Å². The summed E-state index contributed by atoms with van der Waals surface area (Å²) in [6.45, 7) is 6.50.